The number of nitrogens with one attached hydrogen (secondary N) is 1. The summed E-state index contributed by atoms with van der Waals surface area (Å²) in [6.07, 6.45) is 0.848. The Morgan fingerprint density at radius 1 is 1.30 bits per heavy atom. The van der Waals surface area contributed by atoms with Crippen molar-refractivity contribution in [2.75, 3.05) is 13.2 Å². The van der Waals surface area contributed by atoms with Crippen molar-refractivity contribution in [3.8, 4) is 5.75 Å². The van der Waals surface area contributed by atoms with Crippen molar-refractivity contribution in [1.29, 1.82) is 0 Å². The number of aromatic nitrogens is 2. The van der Waals surface area contributed by atoms with Crippen LogP contribution in [0.1, 0.15) is 31.3 Å². The number of carboxylic acids is 1. The molecule has 0 radical (unpaired) electrons. The monoisotopic (exact) mass is 377 g/mol. The average molecular weight is 377 g/mol. The molecular formula is C18H20FN3O5. The summed E-state index contributed by atoms with van der Waals surface area (Å²) >= 11 is 0. The summed E-state index contributed by atoms with van der Waals surface area (Å²) < 4.78 is 23.6. The molecule has 27 heavy (non-hydrogen) atoms. The topological polar surface area (TPSA) is 111 Å². The number of amides is 1. The molecule has 0 saturated heterocycles. The summed E-state index contributed by atoms with van der Waals surface area (Å²) in [5.74, 6) is -0.767. The summed E-state index contributed by atoms with van der Waals surface area (Å²) in [5, 5.41) is 11.4. The molecule has 0 bridgehead atoms. The Morgan fingerprint density at radius 3 is 2.67 bits per heavy atom. The van der Waals surface area contributed by atoms with E-state index in [-0.39, 0.29) is 24.4 Å². The number of aromatic carboxylic acids is 1. The minimum absolute atomic E-state index is 0.0687. The number of carboxylic acid groups (broad SMARTS) is 1. The number of alkyl carbamates (subject to hydrolysis) is 1. The standard InChI is InChI=1S/C18H20FN3O5/c1-18(2,3)27-17(25)21-8-11(7-19)10-26-12-4-5-13-14(6-12)20-9-15(22-13)16(23)24/h4-7,9H,8,10H2,1-3H3,(H,21,25)(H,23,24)/b11-7+. The van der Waals surface area contributed by atoms with Crippen LogP contribution in [0, 0.1) is 0 Å². The Balaban J connectivity index is 1.95. The van der Waals surface area contributed by atoms with E-state index in [1.807, 2.05) is 0 Å². The summed E-state index contributed by atoms with van der Waals surface area (Å²) in [4.78, 5) is 30.5. The molecule has 1 amide bonds. The van der Waals surface area contributed by atoms with E-state index in [0.717, 1.165) is 6.20 Å². The Hall–Kier alpha value is -3.23. The molecule has 2 aromatic rings. The zero-order valence-electron chi connectivity index (χ0n) is 15.2. The van der Waals surface area contributed by atoms with E-state index in [0.29, 0.717) is 23.1 Å². The predicted octanol–water partition coefficient (Wildman–Crippen LogP) is 3.08. The average Bonchev–Trinajstić information content (AvgIpc) is 2.59. The molecule has 9 heteroatoms. The second kappa shape index (κ2) is 8.43. The normalized spacial score (nSPS) is 11.9. The fourth-order valence-corrected chi connectivity index (χ4v) is 1.98. The van der Waals surface area contributed by atoms with Crippen LogP contribution in [0.2, 0.25) is 0 Å². The minimum atomic E-state index is -1.17. The van der Waals surface area contributed by atoms with Gasteiger partial charge < -0.3 is 19.9 Å². The predicted molar refractivity (Wildman–Crippen MR) is 95.4 cm³/mol. The summed E-state index contributed by atoms with van der Waals surface area (Å²) in [6.45, 7) is 5.01. The lowest BCUT2D eigenvalue weighted by molar-refractivity contribution is 0.0531. The van der Waals surface area contributed by atoms with Gasteiger partial charge in [-0.15, -0.1) is 0 Å². The van der Waals surface area contributed by atoms with Crippen LogP contribution < -0.4 is 10.1 Å². The molecule has 0 fully saturated rings. The lowest BCUT2D eigenvalue weighted by Gasteiger charge is -2.20. The maximum absolute atomic E-state index is 13.0. The van der Waals surface area contributed by atoms with Gasteiger partial charge in [-0.2, -0.15) is 0 Å². The van der Waals surface area contributed by atoms with Crippen LogP contribution in [0.3, 0.4) is 0 Å². The quantitative estimate of drug-likeness (QED) is 0.796. The van der Waals surface area contributed by atoms with E-state index >= 15 is 0 Å². The van der Waals surface area contributed by atoms with E-state index in [4.69, 9.17) is 14.6 Å². The van der Waals surface area contributed by atoms with E-state index in [1.165, 1.54) is 0 Å². The Bertz CT molecular complexity index is 877. The number of benzene rings is 1. The first-order valence-corrected chi connectivity index (χ1v) is 8.06. The molecule has 8 nitrogen and oxygen atoms in total. The lowest BCUT2D eigenvalue weighted by atomic mass is 10.2. The number of fused-ring (bicyclic) bond motifs is 1. The molecule has 0 aliphatic rings. The summed E-state index contributed by atoms with van der Waals surface area (Å²) in [7, 11) is 0. The van der Waals surface area contributed by atoms with Gasteiger partial charge >= 0.3 is 12.1 Å². The van der Waals surface area contributed by atoms with Crippen molar-refractivity contribution in [1.82, 2.24) is 15.3 Å². The maximum Gasteiger partial charge on any atom is 0.407 e. The highest BCUT2D eigenvalue weighted by atomic mass is 19.1. The van der Waals surface area contributed by atoms with Crippen molar-refractivity contribution < 1.29 is 28.6 Å². The van der Waals surface area contributed by atoms with E-state index in [9.17, 15) is 14.0 Å². The molecule has 1 aromatic carbocycles. The van der Waals surface area contributed by atoms with Gasteiger partial charge in [0.2, 0.25) is 0 Å². The van der Waals surface area contributed by atoms with Gasteiger partial charge in [-0.05, 0) is 32.9 Å². The maximum atomic E-state index is 13.0. The molecule has 1 aromatic heterocycles. The third-order valence-corrected chi connectivity index (χ3v) is 3.17. The van der Waals surface area contributed by atoms with E-state index in [1.54, 1.807) is 39.0 Å². The highest BCUT2D eigenvalue weighted by molar-refractivity contribution is 5.88. The van der Waals surface area contributed by atoms with Gasteiger partial charge in [-0.3, -0.25) is 4.98 Å². The third-order valence-electron chi connectivity index (χ3n) is 3.17. The molecule has 1 heterocycles. The SMILES string of the molecule is CC(C)(C)OC(=O)NC/C(=C\F)COc1ccc2nc(C(=O)O)cnc2c1. The van der Waals surface area contributed by atoms with Crippen molar-refractivity contribution in [3.63, 3.8) is 0 Å². The zero-order valence-corrected chi connectivity index (χ0v) is 15.2. The van der Waals surface area contributed by atoms with Crippen molar-refractivity contribution in [2.45, 2.75) is 26.4 Å². The molecule has 0 aliphatic carbocycles. The number of carbonyl (C=O) groups is 2. The van der Waals surface area contributed by atoms with Gasteiger partial charge in [0.25, 0.3) is 0 Å². The van der Waals surface area contributed by atoms with Crippen LogP contribution in [0.15, 0.2) is 36.3 Å². The van der Waals surface area contributed by atoms with E-state index in [2.05, 4.69) is 15.3 Å². The molecule has 0 spiro atoms. The number of carbonyl (C=O) groups excluding carboxylic acids is 1. The molecule has 0 saturated carbocycles. The number of hydrogen-bond donors (Lipinski definition) is 2. The largest absolute Gasteiger partial charge is 0.489 e. The van der Waals surface area contributed by atoms with Gasteiger partial charge in [0.15, 0.2) is 5.69 Å². The minimum Gasteiger partial charge on any atom is -0.489 e. The second-order valence-corrected chi connectivity index (χ2v) is 6.62. The molecule has 2 N–H and O–H groups in total. The zero-order chi connectivity index (χ0) is 20.0. The molecule has 2 rings (SSSR count). The fraction of sp³-hybridized carbons (Fsp3) is 0.333. The molecular weight excluding hydrogens is 357 g/mol. The Labute approximate surface area is 155 Å². The van der Waals surface area contributed by atoms with Crippen molar-refractivity contribution >= 4 is 23.1 Å². The Kier molecular flexibility index (Phi) is 6.27. The van der Waals surface area contributed by atoms with Crippen LogP contribution in [0.5, 0.6) is 5.75 Å². The van der Waals surface area contributed by atoms with Crippen molar-refractivity contribution in [3.05, 3.63) is 42.0 Å². The molecule has 144 valence electrons. The van der Waals surface area contributed by atoms with Gasteiger partial charge in [0.05, 0.1) is 23.6 Å². The number of halogens is 1. The second-order valence-electron chi connectivity index (χ2n) is 6.62. The number of nitrogens with zero attached hydrogens (tertiary/aromatic N) is 2. The van der Waals surface area contributed by atoms with Gasteiger partial charge in [-0.25, -0.2) is 19.0 Å². The summed E-state index contributed by atoms with van der Waals surface area (Å²) in [6, 6.07) is 4.69. The Morgan fingerprint density at radius 2 is 2.04 bits per heavy atom. The first kappa shape index (κ1) is 20.1. The van der Waals surface area contributed by atoms with Gasteiger partial charge in [0, 0.05) is 18.2 Å². The third kappa shape index (κ3) is 6.21. The number of ether oxygens (including phenoxy) is 2. The lowest BCUT2D eigenvalue weighted by Crippen LogP contribution is -2.34. The van der Waals surface area contributed by atoms with Crippen LogP contribution >= 0.6 is 0 Å². The highest BCUT2D eigenvalue weighted by Gasteiger charge is 2.16. The highest BCUT2D eigenvalue weighted by Crippen LogP contribution is 2.18. The smallest absolute Gasteiger partial charge is 0.407 e. The van der Waals surface area contributed by atoms with Crippen LogP contribution in [-0.2, 0) is 4.74 Å². The fourth-order valence-electron chi connectivity index (χ4n) is 1.98. The first-order chi connectivity index (χ1) is 12.7. The van der Waals surface area contributed by atoms with Crippen molar-refractivity contribution in [2.24, 2.45) is 0 Å². The van der Waals surface area contributed by atoms with Crippen LogP contribution in [0.4, 0.5) is 9.18 Å². The molecule has 0 aliphatic heterocycles. The van der Waals surface area contributed by atoms with Crippen LogP contribution in [-0.4, -0.2) is 45.9 Å². The van der Waals surface area contributed by atoms with Crippen LogP contribution in [0.25, 0.3) is 11.0 Å². The number of rotatable bonds is 6. The summed E-state index contributed by atoms with van der Waals surface area (Å²) in [5.41, 5.74) is 0.234. The molecule has 0 unspecified atom stereocenters. The van der Waals surface area contributed by atoms with Gasteiger partial charge in [0.1, 0.15) is 18.0 Å². The van der Waals surface area contributed by atoms with Gasteiger partial charge in [-0.1, -0.05) is 0 Å². The molecule has 0 atom stereocenters. The van der Waals surface area contributed by atoms with E-state index < -0.39 is 17.7 Å². The first-order valence-electron chi connectivity index (χ1n) is 8.06. The number of hydrogen-bond acceptors (Lipinski definition) is 6.